The molecule has 1 aliphatic rings. The molecule has 8 heteroatoms. The van der Waals surface area contributed by atoms with Crippen molar-refractivity contribution in [2.75, 3.05) is 13.1 Å². The van der Waals surface area contributed by atoms with Gasteiger partial charge in [0.15, 0.2) is 0 Å². The number of carboxylic acids is 2. The first-order chi connectivity index (χ1) is 9.81. The average molecular weight is 300 g/mol. The molecule has 1 saturated heterocycles. The fourth-order valence-corrected chi connectivity index (χ4v) is 2.31. The smallest absolute Gasteiger partial charge is 0.326 e. The summed E-state index contributed by atoms with van der Waals surface area (Å²) in [5.41, 5.74) is 0. The Morgan fingerprint density at radius 1 is 1.33 bits per heavy atom. The molecule has 2 amide bonds. The lowest BCUT2D eigenvalue weighted by Gasteiger charge is -2.17. The number of hydrogen-bond acceptors (Lipinski definition) is 4. The predicted molar refractivity (Wildman–Crippen MR) is 71.4 cm³/mol. The van der Waals surface area contributed by atoms with Gasteiger partial charge >= 0.3 is 11.9 Å². The maximum absolute atomic E-state index is 11.6. The van der Waals surface area contributed by atoms with E-state index in [4.69, 9.17) is 10.2 Å². The van der Waals surface area contributed by atoms with Gasteiger partial charge in [0.05, 0.1) is 5.92 Å². The van der Waals surface area contributed by atoms with Crippen molar-refractivity contribution in [1.82, 2.24) is 10.2 Å². The van der Waals surface area contributed by atoms with Crippen LogP contribution in [0.4, 0.5) is 0 Å². The first kappa shape index (κ1) is 16.9. The molecule has 1 heterocycles. The van der Waals surface area contributed by atoms with Crippen LogP contribution >= 0.6 is 0 Å². The van der Waals surface area contributed by atoms with Gasteiger partial charge in [0, 0.05) is 26.4 Å². The van der Waals surface area contributed by atoms with E-state index < -0.39 is 29.8 Å². The highest BCUT2D eigenvalue weighted by Gasteiger charge is 2.33. The Bertz CT molecular complexity index is 436. The second-order valence-corrected chi connectivity index (χ2v) is 5.17. The van der Waals surface area contributed by atoms with E-state index in [-0.39, 0.29) is 25.3 Å². The van der Waals surface area contributed by atoms with Crippen LogP contribution in [0, 0.1) is 5.92 Å². The number of rotatable bonds is 8. The van der Waals surface area contributed by atoms with Crippen molar-refractivity contribution in [3.8, 4) is 0 Å². The summed E-state index contributed by atoms with van der Waals surface area (Å²) in [5.74, 6) is -3.29. The second kappa shape index (κ2) is 7.61. The van der Waals surface area contributed by atoms with Gasteiger partial charge in [0.2, 0.25) is 11.8 Å². The number of hydrogen-bond donors (Lipinski definition) is 3. The lowest BCUT2D eigenvalue weighted by Crippen LogP contribution is -2.39. The molecular formula is C13H20N2O6. The lowest BCUT2D eigenvalue weighted by molar-refractivity contribution is -0.142. The van der Waals surface area contributed by atoms with Crippen LogP contribution in [0.15, 0.2) is 0 Å². The summed E-state index contributed by atoms with van der Waals surface area (Å²) in [4.78, 5) is 45.7. The van der Waals surface area contributed by atoms with Crippen LogP contribution in [0.2, 0.25) is 0 Å². The molecule has 0 radical (unpaired) electrons. The Morgan fingerprint density at radius 2 is 2.00 bits per heavy atom. The molecule has 8 nitrogen and oxygen atoms in total. The number of carbonyl (C=O) groups excluding carboxylic acids is 2. The molecule has 0 aliphatic carbocycles. The second-order valence-electron chi connectivity index (χ2n) is 5.17. The van der Waals surface area contributed by atoms with Crippen molar-refractivity contribution < 1.29 is 29.4 Å². The zero-order chi connectivity index (χ0) is 16.0. The van der Waals surface area contributed by atoms with E-state index in [1.807, 2.05) is 0 Å². The topological polar surface area (TPSA) is 124 Å². The predicted octanol–water partition coefficient (Wildman–Crippen LogP) is -0.321. The van der Waals surface area contributed by atoms with E-state index in [0.717, 1.165) is 0 Å². The monoisotopic (exact) mass is 300 g/mol. The van der Waals surface area contributed by atoms with E-state index >= 15 is 0 Å². The Hall–Kier alpha value is -2.12. The van der Waals surface area contributed by atoms with E-state index in [1.54, 1.807) is 0 Å². The van der Waals surface area contributed by atoms with Crippen LogP contribution in [0.1, 0.15) is 32.6 Å². The number of likely N-dealkylation sites (tertiary alicyclic amines) is 1. The normalized spacial score (nSPS) is 19.4. The number of nitrogens with zero attached hydrogens (tertiary/aromatic N) is 1. The maximum Gasteiger partial charge on any atom is 0.326 e. The zero-order valence-corrected chi connectivity index (χ0v) is 11.9. The van der Waals surface area contributed by atoms with Crippen LogP contribution in [0.5, 0.6) is 0 Å². The summed E-state index contributed by atoms with van der Waals surface area (Å²) in [6, 6.07) is -0.927. The lowest BCUT2D eigenvalue weighted by atomic mass is 10.1. The van der Waals surface area contributed by atoms with E-state index in [2.05, 4.69) is 5.32 Å². The first-order valence-corrected chi connectivity index (χ1v) is 6.81. The molecule has 1 fully saturated rings. The molecule has 21 heavy (non-hydrogen) atoms. The number of aliphatic carboxylic acids is 2. The van der Waals surface area contributed by atoms with Crippen LogP contribution in [0.3, 0.4) is 0 Å². The minimum Gasteiger partial charge on any atom is -0.481 e. The number of carbonyl (C=O) groups is 4. The Kier molecular flexibility index (Phi) is 6.13. The molecule has 0 bridgehead atoms. The summed E-state index contributed by atoms with van der Waals surface area (Å²) < 4.78 is 0. The Morgan fingerprint density at radius 3 is 2.48 bits per heavy atom. The van der Waals surface area contributed by atoms with Gasteiger partial charge in [-0.25, -0.2) is 4.79 Å². The quantitative estimate of drug-likeness (QED) is 0.528. The number of carboxylic acid groups (broad SMARTS) is 2. The molecule has 0 aromatic rings. The number of unbranched alkanes of at least 4 members (excludes halogenated alkanes) is 1. The van der Waals surface area contributed by atoms with Gasteiger partial charge in [-0.2, -0.15) is 0 Å². The van der Waals surface area contributed by atoms with E-state index in [9.17, 15) is 19.2 Å². The van der Waals surface area contributed by atoms with Crippen molar-refractivity contribution in [3.63, 3.8) is 0 Å². The SMILES string of the molecule is CC(=O)N[C@@H](CCCCN1CC(C(=O)O)CC1=O)C(=O)O. The van der Waals surface area contributed by atoms with Crippen LogP contribution in [0.25, 0.3) is 0 Å². The third-order valence-corrected chi connectivity index (χ3v) is 3.41. The Balaban J connectivity index is 2.30. The molecule has 0 spiro atoms. The molecule has 0 aromatic carbocycles. The molecule has 0 saturated carbocycles. The van der Waals surface area contributed by atoms with E-state index in [0.29, 0.717) is 19.4 Å². The minimum absolute atomic E-state index is 0.0268. The van der Waals surface area contributed by atoms with Gasteiger partial charge in [0.25, 0.3) is 0 Å². The highest BCUT2D eigenvalue weighted by atomic mass is 16.4. The molecule has 2 atom stereocenters. The summed E-state index contributed by atoms with van der Waals surface area (Å²) in [5, 5.41) is 20.1. The molecule has 1 rings (SSSR count). The van der Waals surface area contributed by atoms with Crippen LogP contribution < -0.4 is 5.32 Å². The third-order valence-electron chi connectivity index (χ3n) is 3.41. The summed E-state index contributed by atoms with van der Waals surface area (Å²) in [7, 11) is 0. The fourth-order valence-electron chi connectivity index (χ4n) is 2.31. The highest BCUT2D eigenvalue weighted by molar-refractivity contribution is 5.86. The summed E-state index contributed by atoms with van der Waals surface area (Å²) in [6.07, 6.45) is 1.40. The fraction of sp³-hybridized carbons (Fsp3) is 0.692. The first-order valence-electron chi connectivity index (χ1n) is 6.81. The van der Waals surface area contributed by atoms with Gasteiger partial charge < -0.3 is 20.4 Å². The highest BCUT2D eigenvalue weighted by Crippen LogP contribution is 2.18. The van der Waals surface area contributed by atoms with Crippen molar-refractivity contribution in [1.29, 1.82) is 0 Å². The van der Waals surface area contributed by atoms with Crippen molar-refractivity contribution in [2.24, 2.45) is 5.92 Å². The standard InChI is InChI=1S/C13H20N2O6/c1-8(16)14-10(13(20)21)4-2-3-5-15-7-9(12(18)19)6-11(15)17/h9-10H,2-7H2,1H3,(H,14,16)(H,18,19)(H,20,21)/t9?,10-/m0/s1. The molecule has 118 valence electrons. The molecule has 3 N–H and O–H groups in total. The molecule has 0 aromatic heterocycles. The summed E-state index contributed by atoms with van der Waals surface area (Å²) in [6.45, 7) is 1.88. The van der Waals surface area contributed by atoms with Gasteiger partial charge in [-0.05, 0) is 19.3 Å². The van der Waals surface area contributed by atoms with Gasteiger partial charge in [-0.15, -0.1) is 0 Å². The molecular weight excluding hydrogens is 280 g/mol. The largest absolute Gasteiger partial charge is 0.481 e. The van der Waals surface area contributed by atoms with Gasteiger partial charge in [-0.1, -0.05) is 0 Å². The van der Waals surface area contributed by atoms with Gasteiger partial charge in [0.1, 0.15) is 6.04 Å². The molecule has 1 unspecified atom stereocenters. The average Bonchev–Trinajstić information content (AvgIpc) is 2.74. The maximum atomic E-state index is 11.6. The van der Waals surface area contributed by atoms with E-state index in [1.165, 1.54) is 11.8 Å². The van der Waals surface area contributed by atoms with Crippen LogP contribution in [-0.4, -0.2) is 58.0 Å². The third kappa shape index (κ3) is 5.41. The zero-order valence-electron chi connectivity index (χ0n) is 11.9. The number of amides is 2. The van der Waals surface area contributed by atoms with Gasteiger partial charge in [-0.3, -0.25) is 14.4 Å². The van der Waals surface area contributed by atoms with Crippen molar-refractivity contribution >= 4 is 23.8 Å². The number of nitrogens with one attached hydrogen (secondary N) is 1. The molecule has 1 aliphatic heterocycles. The Labute approximate surface area is 122 Å². The van der Waals surface area contributed by atoms with Crippen molar-refractivity contribution in [3.05, 3.63) is 0 Å². The minimum atomic E-state index is -1.09. The summed E-state index contributed by atoms with van der Waals surface area (Å²) >= 11 is 0. The van der Waals surface area contributed by atoms with Crippen molar-refractivity contribution in [2.45, 2.75) is 38.6 Å². The van der Waals surface area contributed by atoms with Crippen LogP contribution in [-0.2, 0) is 19.2 Å².